The Kier molecular flexibility index (Phi) is 5.10. The number of hydrogen-bond acceptors (Lipinski definition) is 5. The van der Waals surface area contributed by atoms with Crippen LogP contribution in [0.25, 0.3) is 0 Å². The van der Waals surface area contributed by atoms with E-state index in [1.165, 1.54) is 5.56 Å². The zero-order valence-electron chi connectivity index (χ0n) is 14.0. The van der Waals surface area contributed by atoms with Crippen LogP contribution in [0.4, 0.5) is 5.82 Å². The number of fused-ring (bicyclic) bond motifs is 1. The van der Waals surface area contributed by atoms with Gasteiger partial charge in [0.1, 0.15) is 24.7 Å². The lowest BCUT2D eigenvalue weighted by molar-refractivity contribution is -0.415. The van der Waals surface area contributed by atoms with E-state index in [9.17, 15) is 5.26 Å². The van der Waals surface area contributed by atoms with E-state index in [1.54, 1.807) is 11.8 Å². The molecule has 0 aliphatic carbocycles. The number of morpholine rings is 1. The topological polar surface area (TPSA) is 59.6 Å². The fourth-order valence-electron chi connectivity index (χ4n) is 3.26. The van der Waals surface area contributed by atoms with Gasteiger partial charge in [0.2, 0.25) is 0 Å². The number of nitrogens with zero attached hydrogens (tertiary/aromatic N) is 2. The Bertz CT molecular complexity index is 621. The Morgan fingerprint density at radius 2 is 2.04 bits per heavy atom. The molecule has 1 aromatic rings. The first-order valence-corrected chi connectivity index (χ1v) is 9.37. The predicted octanol–water partition coefficient (Wildman–Crippen LogP) is 2.03. The van der Waals surface area contributed by atoms with Crippen LogP contribution in [0.5, 0.6) is 0 Å². The predicted molar refractivity (Wildman–Crippen MR) is 89.6 cm³/mol. The molecule has 0 bridgehead atoms. The van der Waals surface area contributed by atoms with Crippen molar-refractivity contribution < 1.29 is 14.5 Å². The van der Waals surface area contributed by atoms with E-state index >= 15 is 0 Å². The summed E-state index contributed by atoms with van der Waals surface area (Å²) in [6.07, 6.45) is 3.01. The molecule has 1 saturated heterocycles. The van der Waals surface area contributed by atoms with Crippen molar-refractivity contribution in [1.29, 1.82) is 5.26 Å². The number of nitriles is 1. The van der Waals surface area contributed by atoms with Gasteiger partial charge in [0, 0.05) is 6.42 Å². The number of H-pyrrole nitrogens is 1. The van der Waals surface area contributed by atoms with Crippen LogP contribution in [0.3, 0.4) is 0 Å². The minimum Gasteiger partial charge on any atom is -0.373 e. The number of nitrogens with one attached hydrogen (secondary N) is 1. The summed E-state index contributed by atoms with van der Waals surface area (Å²) in [5.41, 5.74) is 3.11. The van der Waals surface area contributed by atoms with Crippen molar-refractivity contribution in [3.8, 4) is 6.07 Å². The van der Waals surface area contributed by atoms with Crippen LogP contribution in [0.2, 0.25) is 0 Å². The Morgan fingerprint density at radius 3 is 2.65 bits per heavy atom. The Hall–Kier alpha value is -1.29. The third-order valence-electron chi connectivity index (χ3n) is 4.64. The molecule has 0 amide bonds. The molecule has 124 valence electrons. The zero-order chi connectivity index (χ0) is 16.4. The molecule has 1 fully saturated rings. The molecular formula is C17H24N3O2S+. The first kappa shape index (κ1) is 16.6. The molecule has 5 nitrogen and oxygen atoms in total. The van der Waals surface area contributed by atoms with Crippen LogP contribution in [-0.4, -0.2) is 38.7 Å². The maximum atomic E-state index is 9.67. The highest BCUT2D eigenvalue weighted by atomic mass is 32.2. The quantitative estimate of drug-likeness (QED) is 0.792. The highest BCUT2D eigenvalue weighted by molar-refractivity contribution is 7.98. The van der Waals surface area contributed by atoms with Crippen LogP contribution in [0, 0.1) is 17.2 Å². The zero-order valence-corrected chi connectivity index (χ0v) is 14.8. The standard InChI is InChI=1S/C17H23N3O2S/c1-11(2)15-8-12-13(9-18)17(23-3)19-16(14(12)10-22-15)20-4-6-21-7-5-20/h11,15H,4-8,10H2,1-3H3/p+1/t15-/m0/s1. The largest absolute Gasteiger partial charge is 0.373 e. The number of aromatic nitrogens is 1. The molecule has 0 aromatic carbocycles. The summed E-state index contributed by atoms with van der Waals surface area (Å²) in [7, 11) is 0. The molecule has 2 aliphatic rings. The lowest BCUT2D eigenvalue weighted by Crippen LogP contribution is -2.42. The second kappa shape index (κ2) is 7.08. The van der Waals surface area contributed by atoms with Crippen LogP contribution in [0.15, 0.2) is 5.03 Å². The van der Waals surface area contributed by atoms with Crippen LogP contribution in [-0.2, 0) is 22.5 Å². The fraction of sp³-hybridized carbons (Fsp3) is 0.647. The molecule has 3 heterocycles. The summed E-state index contributed by atoms with van der Waals surface area (Å²) in [4.78, 5) is 5.81. The fourth-order valence-corrected chi connectivity index (χ4v) is 3.84. The first-order valence-electron chi connectivity index (χ1n) is 8.15. The molecule has 0 radical (unpaired) electrons. The van der Waals surface area contributed by atoms with E-state index in [-0.39, 0.29) is 6.10 Å². The number of rotatable bonds is 3. The number of aromatic amines is 1. The van der Waals surface area contributed by atoms with Crippen LogP contribution >= 0.6 is 11.8 Å². The van der Waals surface area contributed by atoms with Gasteiger partial charge in [0.05, 0.1) is 31.5 Å². The van der Waals surface area contributed by atoms with Gasteiger partial charge in [-0.25, -0.2) is 4.98 Å². The summed E-state index contributed by atoms with van der Waals surface area (Å²) < 4.78 is 11.5. The van der Waals surface area contributed by atoms with Gasteiger partial charge in [-0.15, -0.1) is 0 Å². The Balaban J connectivity index is 2.08. The molecule has 0 saturated carbocycles. The number of thioether (sulfide) groups is 1. The monoisotopic (exact) mass is 334 g/mol. The van der Waals surface area contributed by atoms with E-state index in [1.807, 2.05) is 6.26 Å². The van der Waals surface area contributed by atoms with Crippen molar-refractivity contribution in [1.82, 2.24) is 0 Å². The maximum Gasteiger partial charge on any atom is 0.281 e. The van der Waals surface area contributed by atoms with Gasteiger partial charge >= 0.3 is 0 Å². The number of anilines is 1. The van der Waals surface area contributed by atoms with E-state index in [0.717, 1.165) is 54.7 Å². The van der Waals surface area contributed by atoms with Crippen LogP contribution in [0.1, 0.15) is 30.5 Å². The molecule has 23 heavy (non-hydrogen) atoms. The molecular weight excluding hydrogens is 310 g/mol. The average molecular weight is 334 g/mol. The molecule has 0 unspecified atom stereocenters. The summed E-state index contributed by atoms with van der Waals surface area (Å²) in [6.45, 7) is 8.15. The van der Waals surface area contributed by atoms with Gasteiger partial charge in [0.15, 0.2) is 5.03 Å². The van der Waals surface area contributed by atoms with Crippen molar-refractivity contribution in [3.63, 3.8) is 0 Å². The number of hydrogen-bond donors (Lipinski definition) is 0. The summed E-state index contributed by atoms with van der Waals surface area (Å²) in [5.74, 6) is 1.55. The van der Waals surface area contributed by atoms with Gasteiger partial charge in [-0.05, 0) is 17.7 Å². The van der Waals surface area contributed by atoms with E-state index in [0.29, 0.717) is 12.5 Å². The van der Waals surface area contributed by atoms with Crippen molar-refractivity contribution >= 4 is 17.6 Å². The van der Waals surface area contributed by atoms with Crippen LogP contribution < -0.4 is 9.88 Å². The molecule has 1 N–H and O–H groups in total. The molecule has 1 aromatic heterocycles. The third-order valence-corrected chi connectivity index (χ3v) is 5.36. The average Bonchev–Trinajstić information content (AvgIpc) is 2.60. The Labute approximate surface area is 142 Å². The Morgan fingerprint density at radius 1 is 1.30 bits per heavy atom. The van der Waals surface area contributed by atoms with Gasteiger partial charge in [-0.3, -0.25) is 4.90 Å². The van der Waals surface area contributed by atoms with Crippen molar-refractivity contribution in [2.45, 2.75) is 38.0 Å². The van der Waals surface area contributed by atoms with Gasteiger partial charge < -0.3 is 9.47 Å². The molecule has 6 heteroatoms. The van der Waals surface area contributed by atoms with E-state index in [2.05, 4.69) is 29.8 Å². The smallest absolute Gasteiger partial charge is 0.281 e. The molecule has 3 rings (SSSR count). The van der Waals surface area contributed by atoms with E-state index < -0.39 is 0 Å². The maximum absolute atomic E-state index is 9.67. The molecule has 1 atom stereocenters. The van der Waals surface area contributed by atoms with Gasteiger partial charge in [0.25, 0.3) is 5.82 Å². The van der Waals surface area contributed by atoms with Crippen molar-refractivity contribution in [2.75, 3.05) is 37.5 Å². The summed E-state index contributed by atoms with van der Waals surface area (Å²) >= 11 is 1.60. The highest BCUT2D eigenvalue weighted by Gasteiger charge is 2.34. The summed E-state index contributed by atoms with van der Waals surface area (Å²) in [5, 5.41) is 10.6. The normalized spacial score (nSPS) is 21.2. The molecule has 2 aliphatic heterocycles. The number of ether oxygens (including phenoxy) is 2. The minimum atomic E-state index is 0.184. The molecule has 0 spiro atoms. The van der Waals surface area contributed by atoms with Crippen molar-refractivity contribution in [2.24, 2.45) is 5.92 Å². The minimum absolute atomic E-state index is 0.184. The lowest BCUT2D eigenvalue weighted by Gasteiger charge is -2.31. The second-order valence-corrected chi connectivity index (χ2v) is 7.16. The van der Waals surface area contributed by atoms with Gasteiger partial charge in [-0.2, -0.15) is 5.26 Å². The van der Waals surface area contributed by atoms with E-state index in [4.69, 9.17) is 9.47 Å². The first-order chi connectivity index (χ1) is 11.2. The second-order valence-electron chi connectivity index (χ2n) is 6.35. The lowest BCUT2D eigenvalue weighted by atomic mass is 9.91. The van der Waals surface area contributed by atoms with Crippen molar-refractivity contribution in [3.05, 3.63) is 16.7 Å². The third kappa shape index (κ3) is 3.18. The summed E-state index contributed by atoms with van der Waals surface area (Å²) in [6, 6.07) is 2.41. The highest BCUT2D eigenvalue weighted by Crippen LogP contribution is 2.34. The SMILES string of the molecule is CSc1[nH+]c(N2CCOCC2)c2c(c1C#N)C[C@@H](C(C)C)OC2. The number of pyridine rings is 1. The van der Waals surface area contributed by atoms with Gasteiger partial charge in [-0.1, -0.05) is 25.6 Å².